The average molecular weight is 209 g/mol. The Balaban J connectivity index is 2.01. The molecular weight excluding hydrogens is 194 g/mol. The van der Waals surface area contributed by atoms with Gasteiger partial charge in [-0.2, -0.15) is 0 Å². The molecule has 1 aromatic rings. The molecule has 2 aliphatic heterocycles. The topological polar surface area (TPSA) is 21.3 Å². The molecule has 1 N–H and O–H groups in total. The fraction of sp³-hybridized carbons (Fsp3) is 0.636. The van der Waals surface area contributed by atoms with Crippen LogP contribution < -0.4 is 5.32 Å². The van der Waals surface area contributed by atoms with Crippen LogP contribution in [-0.4, -0.2) is 19.8 Å². The molecule has 0 saturated carbocycles. The van der Waals surface area contributed by atoms with E-state index in [-0.39, 0.29) is 5.54 Å². The second kappa shape index (κ2) is 3.33. The fourth-order valence-electron chi connectivity index (χ4n) is 2.58. The van der Waals surface area contributed by atoms with Crippen molar-refractivity contribution >= 4 is 11.3 Å². The van der Waals surface area contributed by atoms with Crippen LogP contribution in [0.25, 0.3) is 0 Å². The Hall–Kier alpha value is -0.380. The van der Waals surface area contributed by atoms with E-state index >= 15 is 0 Å². The molecule has 0 aromatic carbocycles. The van der Waals surface area contributed by atoms with Gasteiger partial charge in [-0.05, 0) is 36.3 Å². The summed E-state index contributed by atoms with van der Waals surface area (Å²) in [6.07, 6.45) is 3.60. The maximum atomic E-state index is 5.63. The van der Waals surface area contributed by atoms with Crippen molar-refractivity contribution in [3.05, 3.63) is 21.9 Å². The second-order valence-corrected chi connectivity index (χ2v) is 5.11. The lowest BCUT2D eigenvalue weighted by molar-refractivity contribution is 0.0171. The molecule has 3 rings (SSSR count). The Labute approximate surface area is 88.3 Å². The first kappa shape index (κ1) is 8.89. The maximum absolute atomic E-state index is 5.63. The standard InChI is InChI=1S/C11H15NOS/c1-4-11(8-13-6-1)10-9(2-5-12-11)3-7-14-10/h3,7,12H,1-2,4-6,8H2. The molecule has 76 valence electrons. The van der Waals surface area contributed by atoms with Crippen molar-refractivity contribution in [2.45, 2.75) is 24.8 Å². The smallest absolute Gasteiger partial charge is 0.0769 e. The molecule has 1 aromatic heterocycles. The summed E-state index contributed by atoms with van der Waals surface area (Å²) in [6, 6.07) is 2.27. The van der Waals surface area contributed by atoms with Crippen LogP contribution >= 0.6 is 11.3 Å². The fourth-order valence-corrected chi connectivity index (χ4v) is 3.73. The van der Waals surface area contributed by atoms with Gasteiger partial charge < -0.3 is 10.1 Å². The monoisotopic (exact) mass is 209 g/mol. The molecule has 2 nitrogen and oxygen atoms in total. The van der Waals surface area contributed by atoms with Crippen LogP contribution in [0.5, 0.6) is 0 Å². The lowest BCUT2D eigenvalue weighted by Gasteiger charge is -2.40. The van der Waals surface area contributed by atoms with Crippen LogP contribution in [0.15, 0.2) is 11.4 Å². The van der Waals surface area contributed by atoms with Gasteiger partial charge in [-0.15, -0.1) is 11.3 Å². The highest BCUT2D eigenvalue weighted by atomic mass is 32.1. The molecule has 3 heterocycles. The third kappa shape index (κ3) is 1.23. The van der Waals surface area contributed by atoms with Gasteiger partial charge in [0.2, 0.25) is 0 Å². The lowest BCUT2D eigenvalue weighted by atomic mass is 9.85. The van der Waals surface area contributed by atoms with E-state index in [2.05, 4.69) is 16.8 Å². The SMILES string of the molecule is c1cc2c(s1)C1(CCCOC1)NCC2. The van der Waals surface area contributed by atoms with Crippen molar-refractivity contribution in [2.24, 2.45) is 0 Å². The van der Waals surface area contributed by atoms with Gasteiger partial charge in [-0.3, -0.25) is 0 Å². The first-order valence-corrected chi connectivity index (χ1v) is 6.18. The average Bonchev–Trinajstić information content (AvgIpc) is 2.69. The minimum atomic E-state index is 0.167. The summed E-state index contributed by atoms with van der Waals surface area (Å²) in [4.78, 5) is 1.53. The first-order valence-electron chi connectivity index (χ1n) is 5.30. The Morgan fingerprint density at radius 3 is 3.36 bits per heavy atom. The van der Waals surface area contributed by atoms with Gasteiger partial charge in [0.1, 0.15) is 0 Å². The molecule has 0 aliphatic carbocycles. The number of nitrogens with one attached hydrogen (secondary N) is 1. The Morgan fingerprint density at radius 1 is 1.50 bits per heavy atom. The molecule has 0 bridgehead atoms. The number of ether oxygens (including phenoxy) is 1. The number of fused-ring (bicyclic) bond motifs is 2. The van der Waals surface area contributed by atoms with Gasteiger partial charge in [0.05, 0.1) is 12.1 Å². The highest BCUT2D eigenvalue weighted by Gasteiger charge is 2.39. The summed E-state index contributed by atoms with van der Waals surface area (Å²) in [5, 5.41) is 5.88. The zero-order valence-corrected chi connectivity index (χ0v) is 9.03. The summed E-state index contributed by atoms with van der Waals surface area (Å²) in [7, 11) is 0. The third-order valence-electron chi connectivity index (χ3n) is 3.28. The second-order valence-electron chi connectivity index (χ2n) is 4.19. The van der Waals surface area contributed by atoms with Crippen LogP contribution in [0.4, 0.5) is 0 Å². The number of rotatable bonds is 0. The van der Waals surface area contributed by atoms with E-state index in [1.54, 1.807) is 5.56 Å². The van der Waals surface area contributed by atoms with Gasteiger partial charge in [0.15, 0.2) is 0 Å². The van der Waals surface area contributed by atoms with Gasteiger partial charge in [0, 0.05) is 18.0 Å². The molecular formula is C11H15NOS. The van der Waals surface area contributed by atoms with E-state index in [9.17, 15) is 0 Å². The minimum absolute atomic E-state index is 0.167. The van der Waals surface area contributed by atoms with E-state index in [1.807, 2.05) is 11.3 Å². The molecule has 0 radical (unpaired) electrons. The first-order chi connectivity index (χ1) is 6.91. The summed E-state index contributed by atoms with van der Waals surface area (Å²) < 4.78 is 5.63. The highest BCUT2D eigenvalue weighted by molar-refractivity contribution is 7.10. The minimum Gasteiger partial charge on any atom is -0.379 e. The number of hydrogen-bond donors (Lipinski definition) is 1. The normalized spacial score (nSPS) is 31.7. The van der Waals surface area contributed by atoms with Crippen molar-refractivity contribution in [3.8, 4) is 0 Å². The predicted octanol–water partition coefficient (Wildman–Crippen LogP) is 1.90. The highest BCUT2D eigenvalue weighted by Crippen LogP contribution is 2.38. The van der Waals surface area contributed by atoms with Crippen LogP contribution in [0.2, 0.25) is 0 Å². The molecule has 1 fully saturated rings. The number of hydrogen-bond acceptors (Lipinski definition) is 3. The third-order valence-corrected chi connectivity index (χ3v) is 4.44. The van der Waals surface area contributed by atoms with Crippen molar-refractivity contribution < 1.29 is 4.74 Å². The Morgan fingerprint density at radius 2 is 2.50 bits per heavy atom. The van der Waals surface area contributed by atoms with E-state index in [0.29, 0.717) is 0 Å². The van der Waals surface area contributed by atoms with E-state index in [0.717, 1.165) is 19.8 Å². The molecule has 1 saturated heterocycles. The number of thiophene rings is 1. The molecule has 1 atom stereocenters. The zero-order chi connectivity index (χ0) is 9.43. The van der Waals surface area contributed by atoms with Crippen LogP contribution in [-0.2, 0) is 16.7 Å². The molecule has 14 heavy (non-hydrogen) atoms. The molecule has 2 aliphatic rings. The van der Waals surface area contributed by atoms with Gasteiger partial charge in [0.25, 0.3) is 0 Å². The Bertz CT molecular complexity index is 328. The maximum Gasteiger partial charge on any atom is 0.0769 e. The lowest BCUT2D eigenvalue weighted by Crippen LogP contribution is -2.51. The van der Waals surface area contributed by atoms with Crippen LogP contribution in [0.1, 0.15) is 23.3 Å². The molecule has 0 amide bonds. The van der Waals surface area contributed by atoms with Crippen molar-refractivity contribution in [2.75, 3.05) is 19.8 Å². The summed E-state index contributed by atoms with van der Waals surface area (Å²) in [6.45, 7) is 2.90. The van der Waals surface area contributed by atoms with Gasteiger partial charge >= 0.3 is 0 Å². The van der Waals surface area contributed by atoms with E-state index in [1.165, 1.54) is 24.1 Å². The van der Waals surface area contributed by atoms with E-state index < -0.39 is 0 Å². The van der Waals surface area contributed by atoms with Crippen LogP contribution in [0.3, 0.4) is 0 Å². The Kier molecular flexibility index (Phi) is 2.11. The molecule has 1 unspecified atom stereocenters. The van der Waals surface area contributed by atoms with Gasteiger partial charge in [-0.25, -0.2) is 0 Å². The van der Waals surface area contributed by atoms with Crippen molar-refractivity contribution in [3.63, 3.8) is 0 Å². The largest absolute Gasteiger partial charge is 0.379 e. The quantitative estimate of drug-likeness (QED) is 0.704. The molecule has 1 spiro atoms. The summed E-state index contributed by atoms with van der Waals surface area (Å²) >= 11 is 1.89. The summed E-state index contributed by atoms with van der Waals surface area (Å²) in [5.74, 6) is 0. The van der Waals surface area contributed by atoms with Gasteiger partial charge in [-0.1, -0.05) is 0 Å². The van der Waals surface area contributed by atoms with Crippen molar-refractivity contribution in [1.29, 1.82) is 0 Å². The summed E-state index contributed by atoms with van der Waals surface area (Å²) in [5.41, 5.74) is 1.71. The van der Waals surface area contributed by atoms with E-state index in [4.69, 9.17) is 4.74 Å². The zero-order valence-electron chi connectivity index (χ0n) is 8.21. The van der Waals surface area contributed by atoms with Crippen LogP contribution in [0, 0.1) is 0 Å². The molecule has 3 heteroatoms. The van der Waals surface area contributed by atoms with Crippen molar-refractivity contribution in [1.82, 2.24) is 5.32 Å². The predicted molar refractivity (Wildman–Crippen MR) is 57.8 cm³/mol.